The van der Waals surface area contributed by atoms with Crippen LogP contribution in [0.4, 0.5) is 0 Å². The Kier molecular flexibility index (Phi) is 4.11. The third-order valence-electron chi connectivity index (χ3n) is 2.77. The number of nitrogens with zero attached hydrogens (tertiary/aromatic N) is 2. The second kappa shape index (κ2) is 5.64. The zero-order valence-corrected chi connectivity index (χ0v) is 12.0. The van der Waals surface area contributed by atoms with E-state index in [9.17, 15) is 14.4 Å². The number of ketones is 1. The number of aromatic nitrogens is 2. The van der Waals surface area contributed by atoms with Crippen LogP contribution in [-0.2, 0) is 13.6 Å². The van der Waals surface area contributed by atoms with Gasteiger partial charge >= 0.3 is 5.69 Å². The van der Waals surface area contributed by atoms with Crippen LogP contribution in [0.3, 0.4) is 0 Å². The van der Waals surface area contributed by atoms with Crippen LogP contribution in [0.2, 0.25) is 10.0 Å². The summed E-state index contributed by atoms with van der Waals surface area (Å²) in [6.07, 6.45) is 1.35. The Morgan fingerprint density at radius 1 is 1.20 bits per heavy atom. The summed E-state index contributed by atoms with van der Waals surface area (Å²) in [7, 11) is 1.50. The van der Waals surface area contributed by atoms with E-state index in [1.807, 2.05) is 0 Å². The Bertz CT molecular complexity index is 793. The van der Waals surface area contributed by atoms with Gasteiger partial charge in [-0.25, -0.2) is 4.79 Å². The minimum atomic E-state index is -0.566. The standard InChI is InChI=1S/C13H10Cl2N2O3/c1-16-5-4-12(19)17(13(16)20)7-11(18)9-6-8(14)2-3-10(9)15/h2-6H,7H2,1H3. The predicted molar refractivity (Wildman–Crippen MR) is 76.7 cm³/mol. The molecule has 1 heterocycles. The molecule has 0 atom stereocenters. The summed E-state index contributed by atoms with van der Waals surface area (Å²) in [5.41, 5.74) is -0.930. The molecule has 0 N–H and O–H groups in total. The molecule has 0 saturated carbocycles. The van der Waals surface area contributed by atoms with Gasteiger partial charge < -0.3 is 4.57 Å². The van der Waals surface area contributed by atoms with Gasteiger partial charge in [0.25, 0.3) is 5.56 Å². The minimum absolute atomic E-state index is 0.178. The average molecular weight is 313 g/mol. The first-order valence-electron chi connectivity index (χ1n) is 5.65. The zero-order valence-electron chi connectivity index (χ0n) is 10.5. The smallest absolute Gasteiger partial charge is 0.303 e. The molecule has 0 aliphatic heterocycles. The average Bonchev–Trinajstić information content (AvgIpc) is 2.41. The summed E-state index contributed by atoms with van der Waals surface area (Å²) in [5, 5.41) is 0.575. The number of Topliss-reactive ketones (excluding diaryl/α,β-unsaturated/α-hetero) is 1. The molecule has 104 valence electrons. The van der Waals surface area contributed by atoms with Gasteiger partial charge in [0.15, 0.2) is 5.78 Å². The van der Waals surface area contributed by atoms with Gasteiger partial charge in [-0.1, -0.05) is 23.2 Å². The van der Waals surface area contributed by atoms with Crippen LogP contribution in [0.5, 0.6) is 0 Å². The van der Waals surface area contributed by atoms with Crippen molar-refractivity contribution in [2.75, 3.05) is 0 Å². The van der Waals surface area contributed by atoms with Gasteiger partial charge in [-0.2, -0.15) is 0 Å². The van der Waals surface area contributed by atoms with Crippen molar-refractivity contribution in [1.82, 2.24) is 9.13 Å². The van der Waals surface area contributed by atoms with E-state index in [2.05, 4.69) is 0 Å². The van der Waals surface area contributed by atoms with Gasteiger partial charge in [-0.05, 0) is 18.2 Å². The number of hydrogen-bond acceptors (Lipinski definition) is 3. The molecule has 7 heteroatoms. The van der Waals surface area contributed by atoms with Gasteiger partial charge in [0, 0.05) is 29.9 Å². The fourth-order valence-electron chi connectivity index (χ4n) is 1.70. The van der Waals surface area contributed by atoms with Crippen molar-refractivity contribution >= 4 is 29.0 Å². The lowest BCUT2D eigenvalue weighted by molar-refractivity contribution is 0.0968. The number of carbonyl (C=O) groups excluding carboxylic acids is 1. The van der Waals surface area contributed by atoms with Crippen LogP contribution in [0.15, 0.2) is 40.1 Å². The fraction of sp³-hybridized carbons (Fsp3) is 0.154. The molecule has 5 nitrogen and oxygen atoms in total. The van der Waals surface area contributed by atoms with E-state index in [0.29, 0.717) is 5.02 Å². The highest BCUT2D eigenvalue weighted by atomic mass is 35.5. The van der Waals surface area contributed by atoms with E-state index in [1.165, 1.54) is 36.0 Å². The molecular formula is C13H10Cl2N2O3. The predicted octanol–water partition coefficient (Wildman–Crippen LogP) is 1.74. The highest BCUT2D eigenvalue weighted by molar-refractivity contribution is 6.35. The van der Waals surface area contributed by atoms with Crippen LogP contribution in [-0.4, -0.2) is 14.9 Å². The molecule has 0 unspecified atom stereocenters. The van der Waals surface area contributed by atoms with Crippen LogP contribution < -0.4 is 11.2 Å². The third-order valence-corrected chi connectivity index (χ3v) is 3.33. The number of benzene rings is 1. The fourth-order valence-corrected chi connectivity index (χ4v) is 2.09. The number of hydrogen-bond donors (Lipinski definition) is 0. The summed E-state index contributed by atoms with van der Waals surface area (Å²) in [6.45, 7) is -0.383. The summed E-state index contributed by atoms with van der Waals surface area (Å²) >= 11 is 11.7. The number of carbonyl (C=O) groups is 1. The van der Waals surface area contributed by atoms with E-state index in [4.69, 9.17) is 23.2 Å². The van der Waals surface area contributed by atoms with Crippen molar-refractivity contribution in [1.29, 1.82) is 0 Å². The third kappa shape index (κ3) is 2.84. The summed E-state index contributed by atoms with van der Waals surface area (Å²) in [4.78, 5) is 35.6. The number of rotatable bonds is 3. The first-order chi connectivity index (χ1) is 9.40. The molecule has 1 aromatic heterocycles. The number of aryl methyl sites for hydroxylation is 1. The lowest BCUT2D eigenvalue weighted by atomic mass is 10.1. The normalized spacial score (nSPS) is 10.6. The molecule has 1 aromatic carbocycles. The van der Waals surface area contributed by atoms with Crippen molar-refractivity contribution < 1.29 is 4.79 Å². The molecule has 20 heavy (non-hydrogen) atoms. The van der Waals surface area contributed by atoms with E-state index in [0.717, 1.165) is 4.57 Å². The first-order valence-corrected chi connectivity index (χ1v) is 6.40. The Hall–Kier alpha value is -1.85. The SMILES string of the molecule is Cn1ccc(=O)n(CC(=O)c2cc(Cl)ccc2Cl)c1=O. The molecule has 0 bridgehead atoms. The van der Waals surface area contributed by atoms with Crippen molar-refractivity contribution in [2.24, 2.45) is 7.05 Å². The molecule has 0 radical (unpaired) electrons. The molecule has 0 aliphatic carbocycles. The van der Waals surface area contributed by atoms with Crippen molar-refractivity contribution in [3.8, 4) is 0 Å². The minimum Gasteiger partial charge on any atom is -0.303 e. The second-order valence-electron chi connectivity index (χ2n) is 4.18. The van der Waals surface area contributed by atoms with Crippen molar-refractivity contribution in [3.05, 3.63) is 66.9 Å². The maximum atomic E-state index is 12.2. The summed E-state index contributed by atoms with van der Waals surface area (Å²) in [5.74, 6) is -0.456. The first kappa shape index (κ1) is 14.6. The van der Waals surface area contributed by atoms with Crippen molar-refractivity contribution in [3.63, 3.8) is 0 Å². The summed E-state index contributed by atoms with van der Waals surface area (Å²) in [6, 6.07) is 5.66. The van der Waals surface area contributed by atoms with Gasteiger partial charge in [-0.3, -0.25) is 14.2 Å². The monoisotopic (exact) mass is 312 g/mol. The summed E-state index contributed by atoms with van der Waals surface area (Å²) < 4.78 is 2.06. The van der Waals surface area contributed by atoms with Gasteiger partial charge in [-0.15, -0.1) is 0 Å². The maximum absolute atomic E-state index is 12.2. The largest absolute Gasteiger partial charge is 0.331 e. The van der Waals surface area contributed by atoms with Crippen LogP contribution >= 0.6 is 23.2 Å². The molecule has 0 fully saturated rings. The molecular weight excluding hydrogens is 303 g/mol. The molecule has 2 rings (SSSR count). The Balaban J connectivity index is 2.43. The quantitative estimate of drug-likeness (QED) is 0.811. The molecule has 0 saturated heterocycles. The Labute approximate surface area is 124 Å². The Morgan fingerprint density at radius 2 is 1.90 bits per heavy atom. The second-order valence-corrected chi connectivity index (χ2v) is 5.02. The zero-order chi connectivity index (χ0) is 14.9. The number of halogens is 2. The highest BCUT2D eigenvalue weighted by Crippen LogP contribution is 2.21. The van der Waals surface area contributed by atoms with Crippen LogP contribution in [0.25, 0.3) is 0 Å². The molecule has 0 aliphatic rings. The van der Waals surface area contributed by atoms with E-state index >= 15 is 0 Å². The lowest BCUT2D eigenvalue weighted by Crippen LogP contribution is -2.39. The van der Waals surface area contributed by atoms with Gasteiger partial charge in [0.05, 0.1) is 11.6 Å². The molecule has 2 aromatic rings. The van der Waals surface area contributed by atoms with Gasteiger partial charge in [0.1, 0.15) is 0 Å². The van der Waals surface area contributed by atoms with E-state index in [-0.39, 0.29) is 17.1 Å². The molecule has 0 spiro atoms. The van der Waals surface area contributed by atoms with Gasteiger partial charge in [0.2, 0.25) is 0 Å². The van der Waals surface area contributed by atoms with E-state index in [1.54, 1.807) is 6.07 Å². The van der Waals surface area contributed by atoms with Crippen molar-refractivity contribution in [2.45, 2.75) is 6.54 Å². The maximum Gasteiger partial charge on any atom is 0.331 e. The van der Waals surface area contributed by atoms with E-state index < -0.39 is 17.0 Å². The topological polar surface area (TPSA) is 61.1 Å². The highest BCUT2D eigenvalue weighted by Gasteiger charge is 2.14. The van der Waals surface area contributed by atoms with Crippen LogP contribution in [0, 0.1) is 0 Å². The molecule has 0 amide bonds. The van der Waals surface area contributed by atoms with Crippen LogP contribution in [0.1, 0.15) is 10.4 Å². The lowest BCUT2D eigenvalue weighted by Gasteiger charge is -2.07. The Morgan fingerprint density at radius 3 is 2.60 bits per heavy atom.